The third-order valence-electron chi connectivity index (χ3n) is 5.18. The molecule has 7 heteroatoms. The molecule has 2 atom stereocenters. The van der Waals surface area contributed by atoms with Crippen LogP contribution in [0.2, 0.25) is 0 Å². The van der Waals surface area contributed by atoms with Gasteiger partial charge in [-0.3, -0.25) is 4.79 Å². The summed E-state index contributed by atoms with van der Waals surface area (Å²) in [7, 11) is 1.57. The first-order valence-electron chi connectivity index (χ1n) is 9.13. The van der Waals surface area contributed by atoms with E-state index in [0.29, 0.717) is 19.0 Å². The van der Waals surface area contributed by atoms with Gasteiger partial charge in [-0.2, -0.15) is 0 Å². The number of aliphatic hydroxyl groups is 1. The highest BCUT2D eigenvalue weighted by Gasteiger charge is 2.24. The number of amides is 3. The summed E-state index contributed by atoms with van der Waals surface area (Å²) in [4.78, 5) is 26.8. The fourth-order valence-corrected chi connectivity index (χ4v) is 3.12. The van der Waals surface area contributed by atoms with E-state index in [-0.39, 0.29) is 6.03 Å². The standard InChI is InChI=1S/C19H30N4O3/c1-14(18(20)25)22(2)19(26)21-12-15-8-10-23(11-9-15)13-17(24)16-6-4-3-5-7-16/h3-7,14-15,17,24H,8-13H2,1-2H3,(H2,20,25)(H,21,26). The van der Waals surface area contributed by atoms with Crippen LogP contribution in [0.15, 0.2) is 30.3 Å². The summed E-state index contributed by atoms with van der Waals surface area (Å²) in [5.74, 6) is -0.116. The molecule has 2 rings (SSSR count). The second kappa shape index (κ2) is 9.54. The maximum Gasteiger partial charge on any atom is 0.317 e. The molecule has 3 amide bonds. The lowest BCUT2D eigenvalue weighted by molar-refractivity contribution is -0.121. The van der Waals surface area contributed by atoms with E-state index >= 15 is 0 Å². The number of benzene rings is 1. The Morgan fingerprint density at radius 2 is 1.92 bits per heavy atom. The van der Waals surface area contributed by atoms with Gasteiger partial charge in [-0.05, 0) is 44.3 Å². The van der Waals surface area contributed by atoms with Gasteiger partial charge in [-0.1, -0.05) is 30.3 Å². The number of likely N-dealkylation sites (N-methyl/N-ethyl adjacent to an activating group) is 1. The molecule has 1 fully saturated rings. The zero-order valence-electron chi connectivity index (χ0n) is 15.6. The Bertz CT molecular complexity index is 588. The van der Waals surface area contributed by atoms with Crippen LogP contribution < -0.4 is 11.1 Å². The molecule has 0 aliphatic carbocycles. The number of nitrogens with zero attached hydrogens (tertiary/aromatic N) is 2. The van der Waals surface area contributed by atoms with Crippen LogP contribution in [0.25, 0.3) is 0 Å². The Balaban J connectivity index is 1.70. The molecule has 2 unspecified atom stereocenters. The number of hydrogen-bond acceptors (Lipinski definition) is 4. The van der Waals surface area contributed by atoms with E-state index in [1.54, 1.807) is 14.0 Å². The summed E-state index contributed by atoms with van der Waals surface area (Å²) in [6.45, 7) is 4.63. The molecule has 1 aliphatic rings. The fraction of sp³-hybridized carbons (Fsp3) is 0.579. The number of carbonyl (C=O) groups excluding carboxylic acids is 2. The lowest BCUT2D eigenvalue weighted by Gasteiger charge is -2.33. The van der Waals surface area contributed by atoms with Gasteiger partial charge in [-0.15, -0.1) is 0 Å². The Hall–Kier alpha value is -2.12. The molecular formula is C19H30N4O3. The van der Waals surface area contributed by atoms with E-state index in [1.165, 1.54) is 4.90 Å². The number of primary amides is 1. The third-order valence-corrected chi connectivity index (χ3v) is 5.18. The van der Waals surface area contributed by atoms with Gasteiger partial charge in [0.2, 0.25) is 5.91 Å². The normalized spacial score (nSPS) is 18.1. The highest BCUT2D eigenvalue weighted by molar-refractivity contribution is 5.85. The lowest BCUT2D eigenvalue weighted by atomic mass is 9.96. The molecule has 0 bridgehead atoms. The Kier molecular flexibility index (Phi) is 7.41. The highest BCUT2D eigenvalue weighted by atomic mass is 16.3. The van der Waals surface area contributed by atoms with Crippen LogP contribution in [-0.2, 0) is 4.79 Å². The predicted octanol–water partition coefficient (Wildman–Crippen LogP) is 0.947. The van der Waals surface area contributed by atoms with Crippen LogP contribution in [0.5, 0.6) is 0 Å². The first-order chi connectivity index (χ1) is 12.4. The summed E-state index contributed by atoms with van der Waals surface area (Å²) in [5, 5.41) is 13.2. The monoisotopic (exact) mass is 362 g/mol. The minimum atomic E-state index is -0.628. The Morgan fingerprint density at radius 3 is 2.50 bits per heavy atom. The molecule has 1 aromatic carbocycles. The van der Waals surface area contributed by atoms with E-state index in [2.05, 4.69) is 10.2 Å². The van der Waals surface area contributed by atoms with Crippen LogP contribution in [0.4, 0.5) is 4.79 Å². The van der Waals surface area contributed by atoms with E-state index in [4.69, 9.17) is 5.73 Å². The van der Waals surface area contributed by atoms with E-state index in [9.17, 15) is 14.7 Å². The number of piperidine rings is 1. The Labute approximate surface area is 155 Å². The molecular weight excluding hydrogens is 332 g/mol. The van der Waals surface area contributed by atoms with Crippen molar-refractivity contribution in [3.63, 3.8) is 0 Å². The van der Waals surface area contributed by atoms with Crippen LogP contribution in [0.3, 0.4) is 0 Å². The summed E-state index contributed by atoms with van der Waals surface area (Å²) < 4.78 is 0. The number of hydrogen-bond donors (Lipinski definition) is 3. The number of carbonyl (C=O) groups is 2. The molecule has 0 spiro atoms. The number of β-amino-alcohol motifs (C(OH)–C–C–N with tert-alkyl or cyclic N) is 1. The van der Waals surface area contributed by atoms with Gasteiger partial charge < -0.3 is 26.0 Å². The van der Waals surface area contributed by atoms with Crippen LogP contribution in [0, 0.1) is 5.92 Å². The largest absolute Gasteiger partial charge is 0.387 e. The number of rotatable bonds is 7. The molecule has 26 heavy (non-hydrogen) atoms. The maximum absolute atomic E-state index is 12.1. The summed E-state index contributed by atoms with van der Waals surface area (Å²) in [6.07, 6.45) is 1.46. The average molecular weight is 362 g/mol. The van der Waals surface area contributed by atoms with E-state index in [0.717, 1.165) is 31.5 Å². The molecule has 1 saturated heterocycles. The zero-order chi connectivity index (χ0) is 19.1. The lowest BCUT2D eigenvalue weighted by Crippen LogP contribution is -2.49. The third kappa shape index (κ3) is 5.71. The van der Waals surface area contributed by atoms with E-state index in [1.807, 2.05) is 30.3 Å². The number of aliphatic hydroxyl groups excluding tert-OH is 1. The molecule has 1 aliphatic heterocycles. The first kappa shape index (κ1) is 20.2. The number of nitrogens with one attached hydrogen (secondary N) is 1. The van der Waals surface area contributed by atoms with Crippen LogP contribution in [-0.4, -0.2) is 66.1 Å². The molecule has 144 valence electrons. The molecule has 0 saturated carbocycles. The smallest absolute Gasteiger partial charge is 0.317 e. The van der Waals surface area contributed by atoms with Gasteiger partial charge in [0.1, 0.15) is 6.04 Å². The molecule has 0 radical (unpaired) electrons. The van der Waals surface area contributed by atoms with Gasteiger partial charge in [-0.25, -0.2) is 4.79 Å². The Morgan fingerprint density at radius 1 is 1.31 bits per heavy atom. The van der Waals surface area contributed by atoms with Gasteiger partial charge in [0.15, 0.2) is 0 Å². The zero-order valence-corrected chi connectivity index (χ0v) is 15.6. The number of nitrogens with two attached hydrogens (primary N) is 1. The van der Waals surface area contributed by atoms with Crippen molar-refractivity contribution in [3.8, 4) is 0 Å². The predicted molar refractivity (Wildman–Crippen MR) is 100 cm³/mol. The van der Waals surface area contributed by atoms with Gasteiger partial charge in [0.05, 0.1) is 6.10 Å². The van der Waals surface area contributed by atoms with E-state index < -0.39 is 18.1 Å². The minimum absolute atomic E-state index is 0.279. The average Bonchev–Trinajstić information content (AvgIpc) is 2.66. The minimum Gasteiger partial charge on any atom is -0.387 e. The second-order valence-corrected chi connectivity index (χ2v) is 7.05. The quantitative estimate of drug-likeness (QED) is 0.672. The molecule has 0 aromatic heterocycles. The van der Waals surface area contributed by atoms with Crippen molar-refractivity contribution in [1.82, 2.24) is 15.1 Å². The number of likely N-dealkylation sites (tertiary alicyclic amines) is 1. The van der Waals surface area contributed by atoms with Gasteiger partial charge in [0, 0.05) is 20.1 Å². The molecule has 4 N–H and O–H groups in total. The van der Waals surface area contributed by atoms with Crippen LogP contribution in [0.1, 0.15) is 31.4 Å². The van der Waals surface area contributed by atoms with Crippen molar-refractivity contribution in [1.29, 1.82) is 0 Å². The van der Waals surface area contributed by atoms with Crippen LogP contribution >= 0.6 is 0 Å². The summed E-state index contributed by atoms with van der Waals surface area (Å²) >= 11 is 0. The highest BCUT2D eigenvalue weighted by Crippen LogP contribution is 2.20. The summed E-state index contributed by atoms with van der Waals surface area (Å²) in [6, 6.07) is 8.78. The van der Waals surface area contributed by atoms with Crippen molar-refractivity contribution >= 4 is 11.9 Å². The summed E-state index contributed by atoms with van der Waals surface area (Å²) in [5.41, 5.74) is 6.16. The van der Waals surface area contributed by atoms with Crippen molar-refractivity contribution in [2.24, 2.45) is 11.7 Å². The first-order valence-corrected chi connectivity index (χ1v) is 9.13. The van der Waals surface area contributed by atoms with Gasteiger partial charge in [0.25, 0.3) is 0 Å². The second-order valence-electron chi connectivity index (χ2n) is 7.05. The molecule has 1 aromatic rings. The topological polar surface area (TPSA) is 98.9 Å². The molecule has 1 heterocycles. The fourth-order valence-electron chi connectivity index (χ4n) is 3.12. The van der Waals surface area contributed by atoms with Crippen molar-refractivity contribution < 1.29 is 14.7 Å². The van der Waals surface area contributed by atoms with Crippen molar-refractivity contribution in [2.45, 2.75) is 31.9 Å². The van der Waals surface area contributed by atoms with Crippen molar-refractivity contribution in [2.75, 3.05) is 33.2 Å². The van der Waals surface area contributed by atoms with Crippen molar-refractivity contribution in [3.05, 3.63) is 35.9 Å². The van der Waals surface area contributed by atoms with Gasteiger partial charge >= 0.3 is 6.03 Å². The number of urea groups is 1. The SMILES string of the molecule is CC(C(N)=O)N(C)C(=O)NCC1CCN(CC(O)c2ccccc2)CC1. The molecule has 7 nitrogen and oxygen atoms in total. The maximum atomic E-state index is 12.1.